The number of carboxylic acid groups (broad SMARTS) is 1. The molecule has 0 radical (unpaired) electrons. The Bertz CT molecular complexity index is 482. The van der Waals surface area contributed by atoms with Crippen LogP contribution in [0.4, 0.5) is 5.69 Å². The lowest BCUT2D eigenvalue weighted by molar-refractivity contribution is -0.135. The van der Waals surface area contributed by atoms with Gasteiger partial charge in [0.25, 0.3) is 0 Å². The molecule has 0 bridgehead atoms. The Morgan fingerprint density at radius 1 is 1.47 bits per heavy atom. The van der Waals surface area contributed by atoms with Gasteiger partial charge in [-0.2, -0.15) is 5.26 Å². The number of carboxylic acids is 1. The predicted octanol–water partition coefficient (Wildman–Crippen LogP) is 1.10. The van der Waals surface area contributed by atoms with Crippen molar-refractivity contribution in [1.82, 2.24) is 0 Å². The molecule has 6 nitrogen and oxygen atoms in total. The Labute approximate surface area is 111 Å². The van der Waals surface area contributed by atoms with Gasteiger partial charge in [-0.05, 0) is 12.1 Å². The molecule has 1 N–H and O–H groups in total. The van der Waals surface area contributed by atoms with Gasteiger partial charge < -0.3 is 19.5 Å². The Balaban J connectivity index is 3.11. The smallest absolute Gasteiger partial charge is 0.323 e. The summed E-state index contributed by atoms with van der Waals surface area (Å²) in [6.45, 7) is 0.547. The van der Waals surface area contributed by atoms with Crippen LogP contribution in [0.15, 0.2) is 18.2 Å². The summed E-state index contributed by atoms with van der Waals surface area (Å²) in [4.78, 5) is 12.5. The molecule has 0 saturated carbocycles. The SMILES string of the molecule is COCCN(CC(=O)O)c1cc(OC)ccc1C#N. The van der Waals surface area contributed by atoms with Crippen molar-refractivity contribution in [2.75, 3.05) is 38.8 Å². The molecule has 1 aromatic rings. The minimum Gasteiger partial charge on any atom is -0.497 e. The van der Waals surface area contributed by atoms with Crippen LogP contribution in [-0.4, -0.2) is 45.0 Å². The minimum absolute atomic E-state index is 0.203. The van der Waals surface area contributed by atoms with Crippen LogP contribution < -0.4 is 9.64 Å². The number of carbonyl (C=O) groups is 1. The topological polar surface area (TPSA) is 82.8 Å². The van der Waals surface area contributed by atoms with Crippen LogP contribution in [0.1, 0.15) is 5.56 Å². The third kappa shape index (κ3) is 4.16. The van der Waals surface area contributed by atoms with Crippen LogP contribution >= 0.6 is 0 Å². The van der Waals surface area contributed by atoms with Crippen LogP contribution in [0.3, 0.4) is 0 Å². The molecule has 0 saturated heterocycles. The van der Waals surface area contributed by atoms with Crippen molar-refractivity contribution in [1.29, 1.82) is 5.26 Å². The molecule has 0 aliphatic carbocycles. The van der Waals surface area contributed by atoms with E-state index in [2.05, 4.69) is 0 Å². The molecule has 0 heterocycles. The monoisotopic (exact) mass is 264 g/mol. The van der Waals surface area contributed by atoms with Gasteiger partial charge >= 0.3 is 5.97 Å². The fraction of sp³-hybridized carbons (Fsp3) is 0.385. The summed E-state index contributed by atoms with van der Waals surface area (Å²) < 4.78 is 10.1. The van der Waals surface area contributed by atoms with Crippen molar-refractivity contribution < 1.29 is 19.4 Å². The average molecular weight is 264 g/mol. The standard InChI is InChI=1S/C13H16N2O4/c1-18-6-5-15(9-13(16)17)12-7-11(19-2)4-3-10(12)8-14/h3-4,7H,5-6,9H2,1-2H3,(H,16,17). The Morgan fingerprint density at radius 3 is 2.74 bits per heavy atom. The molecule has 1 rings (SSSR count). The summed E-state index contributed by atoms with van der Waals surface area (Å²) in [7, 11) is 3.05. The maximum Gasteiger partial charge on any atom is 0.323 e. The molecule has 0 unspecified atom stereocenters. The molecule has 0 amide bonds. The first-order valence-electron chi connectivity index (χ1n) is 5.66. The molecule has 19 heavy (non-hydrogen) atoms. The van der Waals surface area contributed by atoms with Gasteiger partial charge in [0.2, 0.25) is 0 Å². The zero-order valence-corrected chi connectivity index (χ0v) is 10.9. The number of anilines is 1. The highest BCUT2D eigenvalue weighted by Gasteiger charge is 2.15. The molecule has 0 aliphatic rings. The van der Waals surface area contributed by atoms with Crippen LogP contribution in [0.2, 0.25) is 0 Å². The number of nitriles is 1. The van der Waals surface area contributed by atoms with E-state index in [1.54, 1.807) is 23.1 Å². The number of hydrogen-bond donors (Lipinski definition) is 1. The first-order chi connectivity index (χ1) is 9.12. The van der Waals surface area contributed by atoms with Crippen molar-refractivity contribution in [2.45, 2.75) is 0 Å². The van der Waals surface area contributed by atoms with E-state index in [4.69, 9.17) is 19.8 Å². The van der Waals surface area contributed by atoms with Crippen molar-refractivity contribution in [3.05, 3.63) is 23.8 Å². The third-order valence-corrected chi connectivity index (χ3v) is 2.56. The normalized spacial score (nSPS) is 9.74. The van der Waals surface area contributed by atoms with Crippen molar-refractivity contribution in [3.63, 3.8) is 0 Å². The predicted molar refractivity (Wildman–Crippen MR) is 69.4 cm³/mol. The molecule has 0 fully saturated rings. The molecule has 0 atom stereocenters. The first-order valence-corrected chi connectivity index (χ1v) is 5.66. The van der Waals surface area contributed by atoms with Gasteiger partial charge in [0.15, 0.2) is 0 Å². The Kier molecular flexibility index (Phi) is 5.64. The molecule has 0 aliphatic heterocycles. The van der Waals surface area contributed by atoms with E-state index in [9.17, 15) is 4.79 Å². The minimum atomic E-state index is -0.970. The number of hydrogen-bond acceptors (Lipinski definition) is 5. The number of nitrogens with zero attached hydrogens (tertiary/aromatic N) is 2. The number of benzene rings is 1. The Morgan fingerprint density at radius 2 is 2.21 bits per heavy atom. The van der Waals surface area contributed by atoms with Gasteiger partial charge in [0.05, 0.1) is 25.0 Å². The van der Waals surface area contributed by atoms with Gasteiger partial charge in [-0.1, -0.05) is 0 Å². The van der Waals surface area contributed by atoms with Gasteiger partial charge in [0.1, 0.15) is 18.4 Å². The van der Waals surface area contributed by atoms with E-state index in [0.29, 0.717) is 30.2 Å². The fourth-order valence-corrected chi connectivity index (χ4v) is 1.64. The van der Waals surface area contributed by atoms with Crippen LogP contribution in [0.5, 0.6) is 5.75 Å². The molecule has 0 spiro atoms. The van der Waals surface area contributed by atoms with Gasteiger partial charge in [-0.3, -0.25) is 4.79 Å². The average Bonchev–Trinajstić information content (AvgIpc) is 2.42. The highest BCUT2D eigenvalue weighted by atomic mass is 16.5. The molecule has 6 heteroatoms. The van der Waals surface area contributed by atoms with Crippen LogP contribution in [0.25, 0.3) is 0 Å². The first kappa shape index (κ1) is 14.8. The maximum atomic E-state index is 10.9. The van der Waals surface area contributed by atoms with Crippen LogP contribution in [0, 0.1) is 11.3 Å². The maximum absolute atomic E-state index is 10.9. The summed E-state index contributed by atoms with van der Waals surface area (Å²) in [6.07, 6.45) is 0. The summed E-state index contributed by atoms with van der Waals surface area (Å²) in [5.41, 5.74) is 0.930. The lowest BCUT2D eigenvalue weighted by atomic mass is 10.1. The summed E-state index contributed by atoms with van der Waals surface area (Å²) in [5, 5.41) is 18.0. The summed E-state index contributed by atoms with van der Waals surface area (Å²) >= 11 is 0. The van der Waals surface area contributed by atoms with Crippen molar-refractivity contribution >= 4 is 11.7 Å². The number of methoxy groups -OCH3 is 2. The van der Waals surface area contributed by atoms with Crippen LogP contribution in [-0.2, 0) is 9.53 Å². The number of aliphatic carboxylic acids is 1. The van der Waals surface area contributed by atoms with Crippen molar-refractivity contribution in [2.24, 2.45) is 0 Å². The fourth-order valence-electron chi connectivity index (χ4n) is 1.64. The molecule has 102 valence electrons. The van der Waals surface area contributed by atoms with E-state index in [0.717, 1.165) is 0 Å². The quantitative estimate of drug-likeness (QED) is 0.794. The highest BCUT2D eigenvalue weighted by molar-refractivity contribution is 5.75. The molecular formula is C13H16N2O4. The lowest BCUT2D eigenvalue weighted by Crippen LogP contribution is -2.33. The van der Waals surface area contributed by atoms with E-state index in [1.807, 2.05) is 6.07 Å². The zero-order chi connectivity index (χ0) is 14.3. The second-order valence-corrected chi connectivity index (χ2v) is 3.80. The molecule has 1 aromatic carbocycles. The summed E-state index contributed by atoms with van der Waals surface area (Å²) in [5.74, 6) is -0.399. The third-order valence-electron chi connectivity index (χ3n) is 2.56. The highest BCUT2D eigenvalue weighted by Crippen LogP contribution is 2.25. The number of ether oxygens (including phenoxy) is 2. The van der Waals surface area contributed by atoms with E-state index in [1.165, 1.54) is 14.2 Å². The summed E-state index contributed by atoms with van der Waals surface area (Å²) in [6, 6.07) is 6.97. The van der Waals surface area contributed by atoms with Crippen molar-refractivity contribution in [3.8, 4) is 11.8 Å². The second kappa shape index (κ2) is 7.24. The van der Waals surface area contributed by atoms with E-state index in [-0.39, 0.29) is 6.54 Å². The largest absolute Gasteiger partial charge is 0.497 e. The van der Waals surface area contributed by atoms with E-state index < -0.39 is 5.97 Å². The number of rotatable bonds is 7. The van der Waals surface area contributed by atoms with E-state index >= 15 is 0 Å². The molecule has 0 aromatic heterocycles. The van der Waals surface area contributed by atoms with Gasteiger partial charge in [-0.15, -0.1) is 0 Å². The second-order valence-electron chi connectivity index (χ2n) is 3.80. The Hall–Kier alpha value is -2.26. The zero-order valence-electron chi connectivity index (χ0n) is 10.9. The molecular weight excluding hydrogens is 248 g/mol. The van der Waals surface area contributed by atoms with Gasteiger partial charge in [0, 0.05) is 19.7 Å². The lowest BCUT2D eigenvalue weighted by Gasteiger charge is -2.23. The van der Waals surface area contributed by atoms with Gasteiger partial charge in [-0.25, -0.2) is 0 Å².